The van der Waals surface area contributed by atoms with Crippen LogP contribution >= 0.6 is 0 Å². The Labute approximate surface area is 117 Å². The van der Waals surface area contributed by atoms with Crippen LogP contribution in [0.25, 0.3) is 0 Å². The minimum absolute atomic E-state index is 0.00710. The lowest BCUT2D eigenvalue weighted by Crippen LogP contribution is -2.28. The van der Waals surface area contributed by atoms with E-state index in [-0.39, 0.29) is 11.0 Å². The van der Waals surface area contributed by atoms with Gasteiger partial charge in [0.05, 0.1) is 4.92 Å². The molecule has 0 unspecified atom stereocenters. The van der Waals surface area contributed by atoms with Gasteiger partial charge in [-0.05, 0) is 11.3 Å². The summed E-state index contributed by atoms with van der Waals surface area (Å²) in [5.74, 6) is -0.598. The van der Waals surface area contributed by atoms with Gasteiger partial charge in [-0.25, -0.2) is 9.78 Å². The van der Waals surface area contributed by atoms with Crippen LogP contribution in [-0.4, -0.2) is 27.5 Å². The van der Waals surface area contributed by atoms with E-state index in [1.807, 2.05) is 0 Å². The fourth-order valence-electron chi connectivity index (χ4n) is 1.38. The Hall–Kier alpha value is -2.18. The van der Waals surface area contributed by atoms with Gasteiger partial charge in [0.2, 0.25) is 0 Å². The monoisotopic (exact) mass is 281 g/mol. The van der Waals surface area contributed by atoms with Gasteiger partial charge < -0.3 is 10.4 Å². The first-order valence-electron chi connectivity index (χ1n) is 6.26. The second-order valence-corrected chi connectivity index (χ2v) is 5.65. The summed E-state index contributed by atoms with van der Waals surface area (Å²) in [5, 5.41) is 22.8. The maximum absolute atomic E-state index is 11.0. The summed E-state index contributed by atoms with van der Waals surface area (Å²) in [6.45, 7) is 8.93. The van der Waals surface area contributed by atoms with Gasteiger partial charge in [0.1, 0.15) is 17.6 Å². The fourth-order valence-corrected chi connectivity index (χ4v) is 1.38. The third-order valence-corrected chi connectivity index (χ3v) is 3.60. The van der Waals surface area contributed by atoms with E-state index in [2.05, 4.69) is 38.0 Å². The number of nitrogens with zero attached hydrogens (tertiary/aromatic N) is 2. The maximum Gasteiger partial charge on any atom is 0.342 e. The smallest absolute Gasteiger partial charge is 0.342 e. The van der Waals surface area contributed by atoms with E-state index in [1.54, 1.807) is 0 Å². The molecule has 0 aliphatic heterocycles. The Morgan fingerprint density at radius 1 is 1.55 bits per heavy atom. The average Bonchev–Trinajstić information content (AvgIpc) is 2.35. The first-order chi connectivity index (χ1) is 9.15. The summed E-state index contributed by atoms with van der Waals surface area (Å²) in [5.41, 5.74) is -0.881. The molecule has 0 spiro atoms. The van der Waals surface area contributed by atoms with Crippen LogP contribution in [0.4, 0.5) is 11.5 Å². The summed E-state index contributed by atoms with van der Waals surface area (Å²) in [6.07, 6.45) is 0.966. The van der Waals surface area contributed by atoms with Gasteiger partial charge in [-0.1, -0.05) is 27.7 Å². The molecular weight excluding hydrogens is 262 g/mol. The Morgan fingerprint density at radius 2 is 2.15 bits per heavy atom. The number of nitro groups is 1. The number of carboxylic acid groups (broad SMARTS) is 1. The molecule has 0 bridgehead atoms. The van der Waals surface area contributed by atoms with Crippen LogP contribution in [0.3, 0.4) is 0 Å². The Kier molecular flexibility index (Phi) is 4.65. The molecule has 0 atom stereocenters. The second kappa shape index (κ2) is 5.85. The molecule has 0 radical (unpaired) electrons. The summed E-state index contributed by atoms with van der Waals surface area (Å²) in [4.78, 5) is 24.9. The molecule has 0 aromatic carbocycles. The molecule has 20 heavy (non-hydrogen) atoms. The number of aromatic carboxylic acids is 1. The highest BCUT2D eigenvalue weighted by molar-refractivity contribution is 5.93. The topological polar surface area (TPSA) is 105 Å². The third kappa shape index (κ3) is 3.66. The highest BCUT2D eigenvalue weighted by Gasteiger charge is 2.24. The quantitative estimate of drug-likeness (QED) is 0.613. The Morgan fingerprint density at radius 3 is 2.60 bits per heavy atom. The minimum Gasteiger partial charge on any atom is -0.477 e. The number of hydrogen-bond acceptors (Lipinski definition) is 5. The number of rotatable bonds is 6. The van der Waals surface area contributed by atoms with Crippen LogP contribution in [0.2, 0.25) is 0 Å². The molecule has 1 rings (SSSR count). The molecule has 0 amide bonds. The number of nitrogens with one attached hydrogen (secondary N) is 1. The molecule has 0 aliphatic rings. The van der Waals surface area contributed by atoms with Crippen molar-refractivity contribution >= 4 is 17.5 Å². The third-order valence-electron chi connectivity index (χ3n) is 3.60. The number of hydrogen-bond donors (Lipinski definition) is 2. The van der Waals surface area contributed by atoms with Crippen LogP contribution in [0.1, 0.15) is 38.1 Å². The minimum atomic E-state index is -1.34. The van der Waals surface area contributed by atoms with Crippen molar-refractivity contribution in [2.45, 2.75) is 27.7 Å². The predicted octanol–water partition coefficient (Wildman–Crippen LogP) is 2.78. The summed E-state index contributed by atoms with van der Waals surface area (Å²) >= 11 is 0. The van der Waals surface area contributed by atoms with E-state index in [9.17, 15) is 14.9 Å². The van der Waals surface area contributed by atoms with Crippen LogP contribution in [0.15, 0.2) is 12.3 Å². The number of pyridine rings is 1. The lowest BCUT2D eigenvalue weighted by atomic mass is 9.81. The van der Waals surface area contributed by atoms with Crippen molar-refractivity contribution < 1.29 is 14.8 Å². The van der Waals surface area contributed by atoms with E-state index < -0.39 is 16.6 Å². The van der Waals surface area contributed by atoms with E-state index in [1.165, 1.54) is 6.07 Å². The van der Waals surface area contributed by atoms with Crippen molar-refractivity contribution in [1.29, 1.82) is 0 Å². The zero-order chi connectivity index (χ0) is 15.5. The standard InChI is InChI=1S/C13H19N3O4/c1-8(2)13(3,4)7-15-11-5-9(12(17)18)10(6-14-11)16(19)20/h5-6,8H,7H2,1-4H3,(H,14,15)(H,17,18). The maximum atomic E-state index is 11.0. The lowest BCUT2D eigenvalue weighted by Gasteiger charge is -2.29. The largest absolute Gasteiger partial charge is 0.477 e. The van der Waals surface area contributed by atoms with E-state index >= 15 is 0 Å². The van der Waals surface area contributed by atoms with Crippen LogP contribution < -0.4 is 5.32 Å². The number of carbonyl (C=O) groups is 1. The first kappa shape index (κ1) is 15.9. The number of anilines is 1. The normalized spacial score (nSPS) is 11.4. The molecule has 7 heteroatoms. The van der Waals surface area contributed by atoms with Gasteiger partial charge in [0.25, 0.3) is 0 Å². The van der Waals surface area contributed by atoms with E-state index in [0.717, 1.165) is 6.20 Å². The molecule has 7 nitrogen and oxygen atoms in total. The Bertz CT molecular complexity index is 526. The molecule has 1 heterocycles. The highest BCUT2D eigenvalue weighted by Crippen LogP contribution is 2.27. The molecular formula is C13H19N3O4. The number of aromatic nitrogens is 1. The van der Waals surface area contributed by atoms with Gasteiger partial charge in [0.15, 0.2) is 0 Å². The average molecular weight is 281 g/mol. The van der Waals surface area contributed by atoms with Crippen molar-refractivity contribution in [1.82, 2.24) is 4.98 Å². The van der Waals surface area contributed by atoms with Crippen LogP contribution in [-0.2, 0) is 0 Å². The van der Waals surface area contributed by atoms with Gasteiger partial charge in [-0.3, -0.25) is 10.1 Å². The van der Waals surface area contributed by atoms with Crippen molar-refractivity contribution in [2.75, 3.05) is 11.9 Å². The molecule has 1 aromatic heterocycles. The van der Waals surface area contributed by atoms with Crippen molar-refractivity contribution in [3.8, 4) is 0 Å². The summed E-state index contributed by atoms with van der Waals surface area (Å²) < 4.78 is 0. The number of carboxylic acids is 1. The molecule has 0 aliphatic carbocycles. The van der Waals surface area contributed by atoms with Crippen molar-refractivity contribution in [3.05, 3.63) is 27.9 Å². The molecule has 110 valence electrons. The Balaban J connectivity index is 2.96. The summed E-state index contributed by atoms with van der Waals surface area (Å²) in [6, 6.07) is 1.19. The fraction of sp³-hybridized carbons (Fsp3) is 0.538. The zero-order valence-electron chi connectivity index (χ0n) is 12.0. The molecule has 1 aromatic rings. The molecule has 0 saturated carbocycles. The molecule has 0 fully saturated rings. The predicted molar refractivity (Wildman–Crippen MR) is 75.0 cm³/mol. The molecule has 2 N–H and O–H groups in total. The highest BCUT2D eigenvalue weighted by atomic mass is 16.6. The zero-order valence-corrected chi connectivity index (χ0v) is 12.0. The van der Waals surface area contributed by atoms with E-state index in [0.29, 0.717) is 18.3 Å². The van der Waals surface area contributed by atoms with Gasteiger partial charge in [-0.15, -0.1) is 0 Å². The van der Waals surface area contributed by atoms with Crippen molar-refractivity contribution in [3.63, 3.8) is 0 Å². The van der Waals surface area contributed by atoms with Crippen LogP contribution in [0, 0.1) is 21.4 Å². The van der Waals surface area contributed by atoms with E-state index in [4.69, 9.17) is 5.11 Å². The van der Waals surface area contributed by atoms with Gasteiger partial charge in [-0.2, -0.15) is 0 Å². The summed E-state index contributed by atoms with van der Waals surface area (Å²) in [7, 11) is 0. The second-order valence-electron chi connectivity index (χ2n) is 5.65. The van der Waals surface area contributed by atoms with Crippen LogP contribution in [0.5, 0.6) is 0 Å². The molecule has 0 saturated heterocycles. The lowest BCUT2D eigenvalue weighted by molar-refractivity contribution is -0.385. The SMILES string of the molecule is CC(C)C(C)(C)CNc1cc(C(=O)O)c([N+](=O)[O-])cn1. The first-order valence-corrected chi connectivity index (χ1v) is 6.26. The van der Waals surface area contributed by atoms with Crippen molar-refractivity contribution in [2.24, 2.45) is 11.3 Å². The van der Waals surface area contributed by atoms with Gasteiger partial charge in [0, 0.05) is 12.6 Å². The van der Waals surface area contributed by atoms with Gasteiger partial charge >= 0.3 is 11.7 Å².